The van der Waals surface area contributed by atoms with Gasteiger partial charge in [0.05, 0.1) is 6.10 Å². The van der Waals surface area contributed by atoms with Gasteiger partial charge in [0, 0.05) is 38.1 Å². The Kier molecular flexibility index (Phi) is 7.72. The molecular formula is C22H31N3OS. The van der Waals surface area contributed by atoms with Crippen LogP contribution in [0, 0.1) is 5.92 Å². The molecule has 146 valence electrons. The van der Waals surface area contributed by atoms with Gasteiger partial charge in [-0.15, -0.1) is 0 Å². The van der Waals surface area contributed by atoms with Gasteiger partial charge in [-0.05, 0) is 47.7 Å². The van der Waals surface area contributed by atoms with Gasteiger partial charge in [0.25, 0.3) is 0 Å². The number of ether oxygens (including phenoxy) is 1. The molecule has 0 saturated carbocycles. The number of guanidine groups is 1. The Bertz CT molecular complexity index is 687. The van der Waals surface area contributed by atoms with Crippen LogP contribution in [0.5, 0.6) is 0 Å². The van der Waals surface area contributed by atoms with Gasteiger partial charge in [0.1, 0.15) is 0 Å². The summed E-state index contributed by atoms with van der Waals surface area (Å²) in [6.45, 7) is 7.71. The van der Waals surface area contributed by atoms with Crippen molar-refractivity contribution >= 4 is 17.3 Å². The summed E-state index contributed by atoms with van der Waals surface area (Å²) in [6, 6.07) is 12.8. The summed E-state index contributed by atoms with van der Waals surface area (Å²) < 4.78 is 6.12. The molecule has 2 heterocycles. The highest BCUT2D eigenvalue weighted by molar-refractivity contribution is 7.07. The van der Waals surface area contributed by atoms with Crippen molar-refractivity contribution in [2.24, 2.45) is 10.9 Å². The Morgan fingerprint density at radius 2 is 2.11 bits per heavy atom. The molecule has 3 atom stereocenters. The molecule has 1 saturated heterocycles. The van der Waals surface area contributed by atoms with Gasteiger partial charge in [0.2, 0.25) is 0 Å². The number of nitrogens with zero attached hydrogens (tertiary/aromatic N) is 1. The first kappa shape index (κ1) is 19.9. The van der Waals surface area contributed by atoms with Crippen LogP contribution in [-0.2, 0) is 4.74 Å². The second-order valence-electron chi connectivity index (χ2n) is 7.16. The smallest absolute Gasteiger partial charge is 0.191 e. The van der Waals surface area contributed by atoms with E-state index in [0.717, 1.165) is 38.6 Å². The van der Waals surface area contributed by atoms with Crippen molar-refractivity contribution in [1.29, 1.82) is 0 Å². The van der Waals surface area contributed by atoms with Crippen molar-refractivity contribution < 1.29 is 4.74 Å². The van der Waals surface area contributed by atoms with Crippen molar-refractivity contribution in [3.05, 3.63) is 58.3 Å². The Labute approximate surface area is 167 Å². The molecule has 1 fully saturated rings. The van der Waals surface area contributed by atoms with Crippen LogP contribution in [0.15, 0.2) is 52.2 Å². The van der Waals surface area contributed by atoms with E-state index in [2.05, 4.69) is 71.6 Å². The average molecular weight is 386 g/mol. The second-order valence-corrected chi connectivity index (χ2v) is 7.94. The summed E-state index contributed by atoms with van der Waals surface area (Å²) in [5.41, 5.74) is 2.64. The van der Waals surface area contributed by atoms with Crippen LogP contribution in [0.4, 0.5) is 0 Å². The molecule has 2 aromatic rings. The van der Waals surface area contributed by atoms with Crippen LogP contribution < -0.4 is 10.6 Å². The highest BCUT2D eigenvalue weighted by Gasteiger charge is 2.27. The molecule has 3 rings (SSSR count). The van der Waals surface area contributed by atoms with E-state index in [-0.39, 0.29) is 6.10 Å². The third-order valence-electron chi connectivity index (χ3n) is 5.08. The van der Waals surface area contributed by atoms with E-state index in [4.69, 9.17) is 9.73 Å². The predicted octanol–water partition coefficient (Wildman–Crippen LogP) is 4.57. The summed E-state index contributed by atoms with van der Waals surface area (Å²) >= 11 is 1.75. The van der Waals surface area contributed by atoms with Gasteiger partial charge in [-0.1, -0.05) is 37.3 Å². The summed E-state index contributed by atoms with van der Waals surface area (Å²) in [5, 5.41) is 11.3. The molecule has 4 nitrogen and oxygen atoms in total. The van der Waals surface area contributed by atoms with Gasteiger partial charge >= 0.3 is 0 Å². The molecular weight excluding hydrogens is 354 g/mol. The van der Waals surface area contributed by atoms with E-state index < -0.39 is 0 Å². The summed E-state index contributed by atoms with van der Waals surface area (Å²) in [4.78, 5) is 4.81. The van der Waals surface area contributed by atoms with E-state index in [1.165, 1.54) is 17.5 Å². The maximum atomic E-state index is 6.12. The fraction of sp³-hybridized carbons (Fsp3) is 0.500. The molecule has 2 N–H and O–H groups in total. The number of hydrogen-bond donors (Lipinski definition) is 2. The van der Waals surface area contributed by atoms with Crippen molar-refractivity contribution in [1.82, 2.24) is 10.6 Å². The first-order chi connectivity index (χ1) is 13.3. The molecule has 0 aliphatic carbocycles. The lowest BCUT2D eigenvalue weighted by Crippen LogP contribution is -2.42. The standard InChI is InChI=1S/C22H31N3OS/c1-3-23-22(24-14-17(2)20-11-13-27-16-20)25-15-19-10-7-12-26-21(19)18-8-5-4-6-9-18/h4-6,8-9,11,13,16-17,19,21H,3,7,10,12,14-15H2,1-2H3,(H2,23,24,25). The third kappa shape index (κ3) is 5.81. The molecule has 1 aliphatic rings. The number of thiophene rings is 1. The van der Waals surface area contributed by atoms with Crippen LogP contribution in [0.25, 0.3) is 0 Å². The minimum atomic E-state index is 0.167. The largest absolute Gasteiger partial charge is 0.373 e. The first-order valence-electron chi connectivity index (χ1n) is 9.98. The number of rotatable bonds is 7. The zero-order valence-electron chi connectivity index (χ0n) is 16.4. The van der Waals surface area contributed by atoms with E-state index in [1.807, 2.05) is 0 Å². The lowest BCUT2D eigenvalue weighted by molar-refractivity contribution is -0.0265. The molecule has 5 heteroatoms. The van der Waals surface area contributed by atoms with Gasteiger partial charge in [-0.3, -0.25) is 4.99 Å². The number of hydrogen-bond acceptors (Lipinski definition) is 3. The zero-order valence-corrected chi connectivity index (χ0v) is 17.2. The molecule has 0 radical (unpaired) electrons. The minimum Gasteiger partial charge on any atom is -0.373 e. The Balaban J connectivity index is 1.59. The molecule has 1 aromatic heterocycles. The SMILES string of the molecule is CCNC(=NCC(C)c1ccsc1)NCC1CCCOC1c1ccccc1. The maximum Gasteiger partial charge on any atom is 0.191 e. The lowest BCUT2D eigenvalue weighted by atomic mass is 9.89. The van der Waals surface area contributed by atoms with Crippen molar-refractivity contribution in [3.8, 4) is 0 Å². The quantitative estimate of drug-likeness (QED) is 0.542. The lowest BCUT2D eigenvalue weighted by Gasteiger charge is -2.32. The number of benzene rings is 1. The normalized spacial score (nSPS) is 21.6. The highest BCUT2D eigenvalue weighted by Crippen LogP contribution is 2.33. The van der Waals surface area contributed by atoms with Crippen LogP contribution in [0.1, 0.15) is 49.8 Å². The predicted molar refractivity (Wildman–Crippen MR) is 115 cm³/mol. The van der Waals surface area contributed by atoms with E-state index >= 15 is 0 Å². The van der Waals surface area contributed by atoms with E-state index in [9.17, 15) is 0 Å². The number of aliphatic imine (C=N–C) groups is 1. The van der Waals surface area contributed by atoms with Crippen molar-refractivity contribution in [3.63, 3.8) is 0 Å². The third-order valence-corrected chi connectivity index (χ3v) is 5.79. The monoisotopic (exact) mass is 385 g/mol. The highest BCUT2D eigenvalue weighted by atomic mass is 32.1. The average Bonchev–Trinajstić information content (AvgIpc) is 3.26. The Morgan fingerprint density at radius 1 is 1.26 bits per heavy atom. The van der Waals surface area contributed by atoms with Crippen LogP contribution in [0.3, 0.4) is 0 Å². The molecule has 27 heavy (non-hydrogen) atoms. The minimum absolute atomic E-state index is 0.167. The molecule has 0 spiro atoms. The molecule has 0 amide bonds. The van der Waals surface area contributed by atoms with E-state index in [0.29, 0.717) is 11.8 Å². The maximum absolute atomic E-state index is 6.12. The summed E-state index contributed by atoms with van der Waals surface area (Å²) in [6.07, 6.45) is 2.47. The fourth-order valence-electron chi connectivity index (χ4n) is 3.52. The summed E-state index contributed by atoms with van der Waals surface area (Å²) in [5.74, 6) is 1.79. The van der Waals surface area contributed by atoms with Crippen molar-refractivity contribution in [2.75, 3.05) is 26.2 Å². The fourth-order valence-corrected chi connectivity index (χ4v) is 4.30. The second kappa shape index (κ2) is 10.5. The topological polar surface area (TPSA) is 45.7 Å². The molecule has 1 aliphatic heterocycles. The van der Waals surface area contributed by atoms with Crippen LogP contribution >= 0.6 is 11.3 Å². The molecule has 1 aromatic carbocycles. The van der Waals surface area contributed by atoms with Gasteiger partial charge in [0.15, 0.2) is 5.96 Å². The number of nitrogens with one attached hydrogen (secondary N) is 2. The van der Waals surface area contributed by atoms with Gasteiger partial charge < -0.3 is 15.4 Å². The Hall–Kier alpha value is -1.85. The van der Waals surface area contributed by atoms with Crippen molar-refractivity contribution in [2.45, 2.75) is 38.7 Å². The van der Waals surface area contributed by atoms with Gasteiger partial charge in [-0.2, -0.15) is 11.3 Å². The molecule has 3 unspecified atom stereocenters. The van der Waals surface area contributed by atoms with Gasteiger partial charge in [-0.25, -0.2) is 0 Å². The first-order valence-corrected chi connectivity index (χ1v) is 10.9. The molecule has 0 bridgehead atoms. The Morgan fingerprint density at radius 3 is 2.85 bits per heavy atom. The van der Waals surface area contributed by atoms with E-state index in [1.54, 1.807) is 11.3 Å². The van der Waals surface area contributed by atoms with Crippen LogP contribution in [-0.4, -0.2) is 32.2 Å². The summed E-state index contributed by atoms with van der Waals surface area (Å²) in [7, 11) is 0. The zero-order chi connectivity index (χ0) is 18.9. The van der Waals surface area contributed by atoms with Crippen LogP contribution in [0.2, 0.25) is 0 Å².